The number of nitrogens with one attached hydrogen (secondary N) is 1. The molecule has 0 amide bonds. The van der Waals surface area contributed by atoms with Crippen LogP contribution < -0.4 is 20.9 Å². The van der Waals surface area contributed by atoms with Crippen molar-refractivity contribution in [1.29, 1.82) is 0 Å². The first-order valence-electron chi connectivity index (χ1n) is 10.7. The molecule has 0 saturated carbocycles. The lowest BCUT2D eigenvalue weighted by molar-refractivity contribution is -0.192. The predicted octanol–water partition coefficient (Wildman–Crippen LogP) is 1.58. The summed E-state index contributed by atoms with van der Waals surface area (Å²) in [5.41, 5.74) is 11.8. The van der Waals surface area contributed by atoms with Gasteiger partial charge in [0, 0.05) is 6.42 Å². The molecule has 16 heteroatoms. The number of ether oxygens (including phenoxy) is 1. The minimum atomic E-state index is -5.08. The molecule has 0 aliphatic carbocycles. The van der Waals surface area contributed by atoms with Gasteiger partial charge in [0.15, 0.2) is 0 Å². The number of carbonyl (C=O) groups is 2. The third-order valence-corrected chi connectivity index (χ3v) is 5.84. The van der Waals surface area contributed by atoms with Crippen LogP contribution in [0.15, 0.2) is 58.6 Å². The molecule has 2 aromatic rings. The van der Waals surface area contributed by atoms with E-state index in [0.29, 0.717) is 24.3 Å². The molecule has 0 aliphatic heterocycles. The number of sulfonamides is 1. The topological polar surface area (TPSA) is 204 Å². The highest BCUT2D eigenvalue weighted by Gasteiger charge is 2.38. The highest BCUT2D eigenvalue weighted by atomic mass is 32.2. The SMILES string of the molecule is Cc1ccc(S(=O)(=O)N[C@@H](Cc2ccc(OCCCON=C(N)N)cc2)C(=O)O)cc1.O=C(O)C(F)(F)F. The van der Waals surface area contributed by atoms with E-state index in [1.165, 1.54) is 12.1 Å². The third-order valence-electron chi connectivity index (χ3n) is 4.35. The average Bonchev–Trinajstić information content (AvgIpc) is 2.81. The average molecular weight is 565 g/mol. The van der Waals surface area contributed by atoms with Gasteiger partial charge >= 0.3 is 18.1 Å². The van der Waals surface area contributed by atoms with Crippen LogP contribution in [0.4, 0.5) is 13.2 Å². The van der Waals surface area contributed by atoms with Crippen LogP contribution in [-0.2, 0) is 30.9 Å². The Hall–Kier alpha value is -4.05. The molecule has 0 heterocycles. The first kappa shape index (κ1) is 32.0. The monoisotopic (exact) mass is 564 g/mol. The Bertz CT molecular complexity index is 1180. The molecule has 0 radical (unpaired) electrons. The molecule has 0 unspecified atom stereocenters. The van der Waals surface area contributed by atoms with Gasteiger partial charge in [-0.25, -0.2) is 13.2 Å². The molecule has 0 aromatic heterocycles. The summed E-state index contributed by atoms with van der Waals surface area (Å²) in [6.07, 6.45) is -4.55. The Morgan fingerprint density at radius 3 is 2.05 bits per heavy atom. The molecule has 12 nitrogen and oxygen atoms in total. The van der Waals surface area contributed by atoms with Crippen molar-refractivity contribution in [1.82, 2.24) is 4.72 Å². The zero-order valence-corrected chi connectivity index (χ0v) is 20.8. The Labute approximate surface area is 216 Å². The highest BCUT2D eigenvalue weighted by Crippen LogP contribution is 2.16. The van der Waals surface area contributed by atoms with Crippen LogP contribution >= 0.6 is 0 Å². The molecular formula is C22H27F3N4O8S. The number of rotatable bonds is 12. The van der Waals surface area contributed by atoms with Crippen molar-refractivity contribution in [2.75, 3.05) is 13.2 Å². The van der Waals surface area contributed by atoms with Gasteiger partial charge < -0.3 is 31.3 Å². The number of hydrogen-bond acceptors (Lipinski definition) is 7. The van der Waals surface area contributed by atoms with Gasteiger partial charge in [0.1, 0.15) is 18.4 Å². The summed E-state index contributed by atoms with van der Waals surface area (Å²) >= 11 is 0. The Kier molecular flexibility index (Phi) is 12.3. The highest BCUT2D eigenvalue weighted by molar-refractivity contribution is 7.89. The number of oxime groups is 1. The summed E-state index contributed by atoms with van der Waals surface area (Å²) in [7, 11) is -3.97. The number of nitrogens with two attached hydrogens (primary N) is 2. The summed E-state index contributed by atoms with van der Waals surface area (Å²) in [5, 5.41) is 20.0. The summed E-state index contributed by atoms with van der Waals surface area (Å²) in [6, 6.07) is 11.6. The third kappa shape index (κ3) is 12.3. The zero-order valence-electron chi connectivity index (χ0n) is 20.0. The van der Waals surface area contributed by atoms with E-state index in [9.17, 15) is 31.5 Å². The van der Waals surface area contributed by atoms with Crippen molar-refractivity contribution in [3.8, 4) is 5.75 Å². The minimum absolute atomic E-state index is 0.0110. The van der Waals surface area contributed by atoms with Crippen LogP contribution in [-0.4, -0.2) is 62.0 Å². The Morgan fingerprint density at radius 1 is 1.03 bits per heavy atom. The molecule has 0 spiro atoms. The number of alkyl halides is 3. The number of aryl methyl sites for hydroxylation is 1. The molecule has 0 aliphatic rings. The number of nitrogens with zero attached hydrogens (tertiary/aromatic N) is 1. The number of halogens is 3. The van der Waals surface area contributed by atoms with E-state index in [-0.39, 0.29) is 23.9 Å². The molecule has 0 saturated heterocycles. The van der Waals surface area contributed by atoms with E-state index >= 15 is 0 Å². The van der Waals surface area contributed by atoms with Crippen molar-refractivity contribution in [3.05, 3.63) is 59.7 Å². The van der Waals surface area contributed by atoms with E-state index < -0.39 is 34.2 Å². The molecule has 210 valence electrons. The van der Waals surface area contributed by atoms with Gasteiger partial charge in [-0.3, -0.25) is 4.79 Å². The zero-order chi connectivity index (χ0) is 28.9. The fraction of sp³-hybridized carbons (Fsp3) is 0.318. The van der Waals surface area contributed by atoms with Crippen LogP contribution in [0, 0.1) is 6.92 Å². The van der Waals surface area contributed by atoms with Crippen molar-refractivity contribution in [3.63, 3.8) is 0 Å². The fourth-order valence-electron chi connectivity index (χ4n) is 2.54. The van der Waals surface area contributed by atoms with E-state index in [0.717, 1.165) is 5.56 Å². The number of aliphatic carboxylic acids is 2. The number of carboxylic acids is 2. The molecule has 0 fully saturated rings. The van der Waals surface area contributed by atoms with E-state index in [2.05, 4.69) is 9.88 Å². The number of benzene rings is 2. The smallest absolute Gasteiger partial charge is 0.490 e. The molecule has 7 N–H and O–H groups in total. The summed E-state index contributed by atoms with van der Waals surface area (Å²) in [5.74, 6) is -3.60. The maximum atomic E-state index is 12.5. The molecular weight excluding hydrogens is 537 g/mol. The van der Waals surface area contributed by atoms with Gasteiger partial charge in [0.2, 0.25) is 16.0 Å². The second-order valence-electron chi connectivity index (χ2n) is 7.53. The van der Waals surface area contributed by atoms with Crippen molar-refractivity contribution < 1.29 is 51.0 Å². The van der Waals surface area contributed by atoms with Crippen molar-refractivity contribution in [2.24, 2.45) is 16.6 Å². The van der Waals surface area contributed by atoms with Gasteiger partial charge in [-0.1, -0.05) is 29.8 Å². The van der Waals surface area contributed by atoms with Crippen LogP contribution in [0.2, 0.25) is 0 Å². The number of hydrogen-bond donors (Lipinski definition) is 5. The molecule has 2 rings (SSSR count). The Morgan fingerprint density at radius 2 is 1.58 bits per heavy atom. The lowest BCUT2D eigenvalue weighted by Crippen LogP contribution is -2.42. The van der Waals surface area contributed by atoms with Crippen molar-refractivity contribution >= 4 is 27.9 Å². The normalized spacial score (nSPS) is 11.9. The van der Waals surface area contributed by atoms with E-state index in [4.69, 9.17) is 30.9 Å². The second kappa shape index (κ2) is 14.6. The molecule has 2 aromatic carbocycles. The van der Waals surface area contributed by atoms with Crippen LogP contribution in [0.3, 0.4) is 0 Å². The minimum Gasteiger partial charge on any atom is -0.493 e. The first-order valence-corrected chi connectivity index (χ1v) is 12.1. The lowest BCUT2D eigenvalue weighted by Gasteiger charge is -2.15. The summed E-state index contributed by atoms with van der Waals surface area (Å²) in [6.45, 7) is 2.49. The fourth-order valence-corrected chi connectivity index (χ4v) is 3.73. The van der Waals surface area contributed by atoms with Crippen molar-refractivity contribution in [2.45, 2.75) is 36.9 Å². The molecule has 1 atom stereocenters. The van der Waals surface area contributed by atoms with E-state index in [1.807, 2.05) is 6.92 Å². The van der Waals surface area contributed by atoms with Gasteiger partial charge in [-0.15, -0.1) is 0 Å². The first-order chi connectivity index (χ1) is 17.6. The number of guanidine groups is 1. The van der Waals surface area contributed by atoms with Crippen LogP contribution in [0.25, 0.3) is 0 Å². The van der Waals surface area contributed by atoms with E-state index in [1.54, 1.807) is 36.4 Å². The second-order valence-corrected chi connectivity index (χ2v) is 9.24. The van der Waals surface area contributed by atoms with Crippen LogP contribution in [0.5, 0.6) is 5.75 Å². The largest absolute Gasteiger partial charge is 0.493 e. The maximum Gasteiger partial charge on any atom is 0.490 e. The summed E-state index contributed by atoms with van der Waals surface area (Å²) < 4.78 is 64.6. The Balaban J connectivity index is 0.000000905. The van der Waals surface area contributed by atoms with Gasteiger partial charge in [-0.2, -0.15) is 17.9 Å². The standard InChI is InChI=1S/C20H26N4O6S.C2HF3O2/c1-14-3-9-17(10-4-14)31(27,28)24-18(19(25)26)13-15-5-7-16(8-6-15)29-11-2-12-30-23-20(21)22;3-2(4,5)1(6)7/h3-10,18,24H,2,11-13H2,1H3,(H,25,26)(H4,21,22,23);(H,6,7)/t18-;/m0./s1. The van der Waals surface area contributed by atoms with Gasteiger partial charge in [0.05, 0.1) is 11.5 Å². The lowest BCUT2D eigenvalue weighted by atomic mass is 10.1. The maximum absolute atomic E-state index is 12.5. The molecule has 0 bridgehead atoms. The summed E-state index contributed by atoms with van der Waals surface area (Å²) in [4.78, 5) is 25.4. The predicted molar refractivity (Wildman–Crippen MR) is 129 cm³/mol. The quantitative estimate of drug-likeness (QED) is 0.109. The molecule has 38 heavy (non-hydrogen) atoms. The number of carboxylic acid groups (broad SMARTS) is 2. The van der Waals surface area contributed by atoms with Gasteiger partial charge in [0.25, 0.3) is 0 Å². The van der Waals surface area contributed by atoms with Gasteiger partial charge in [-0.05, 0) is 48.3 Å². The van der Waals surface area contributed by atoms with Crippen LogP contribution in [0.1, 0.15) is 17.5 Å².